The molecule has 0 N–H and O–H groups in total. The number of methoxy groups -OCH3 is 1. The topological polar surface area (TPSA) is 18.5 Å². The maximum absolute atomic E-state index is 13.0. The minimum atomic E-state index is -0.870. The van der Waals surface area contributed by atoms with Crippen LogP contribution in [0.4, 0.5) is 8.78 Å². The third kappa shape index (κ3) is 2.97. The van der Waals surface area contributed by atoms with Crippen molar-refractivity contribution in [1.29, 1.82) is 0 Å². The first-order valence-corrected chi connectivity index (χ1v) is 5.40. The van der Waals surface area contributed by atoms with Gasteiger partial charge in [0.25, 0.3) is 0 Å². The molecule has 0 bridgehead atoms. The van der Waals surface area contributed by atoms with Crippen molar-refractivity contribution in [2.45, 2.75) is 6.61 Å². The van der Waals surface area contributed by atoms with Gasteiger partial charge >= 0.3 is 0 Å². The molecule has 0 atom stereocenters. The highest BCUT2D eigenvalue weighted by atomic mass is 19.2. The maximum Gasteiger partial charge on any atom is 0.159 e. The van der Waals surface area contributed by atoms with Crippen LogP contribution in [0.5, 0.6) is 11.5 Å². The molecule has 0 radical (unpaired) electrons. The molecule has 94 valence electrons. The number of halogens is 2. The van der Waals surface area contributed by atoms with Crippen LogP contribution in [0.15, 0.2) is 42.5 Å². The third-order valence-electron chi connectivity index (χ3n) is 2.45. The van der Waals surface area contributed by atoms with Crippen molar-refractivity contribution in [3.8, 4) is 11.5 Å². The summed E-state index contributed by atoms with van der Waals surface area (Å²) in [4.78, 5) is 0. The first-order chi connectivity index (χ1) is 8.69. The summed E-state index contributed by atoms with van der Waals surface area (Å²) in [6.45, 7) is 0.184. The fraction of sp³-hybridized carbons (Fsp3) is 0.143. The second-order valence-electron chi connectivity index (χ2n) is 3.71. The number of benzene rings is 2. The van der Waals surface area contributed by atoms with Gasteiger partial charge in [0.1, 0.15) is 18.1 Å². The van der Waals surface area contributed by atoms with Gasteiger partial charge in [-0.25, -0.2) is 8.78 Å². The predicted octanol–water partition coefficient (Wildman–Crippen LogP) is 3.55. The molecular formula is C14H12F2O2. The van der Waals surface area contributed by atoms with Gasteiger partial charge in [-0.2, -0.15) is 0 Å². The molecule has 0 aliphatic rings. The van der Waals surface area contributed by atoms with Crippen LogP contribution in [0.2, 0.25) is 0 Å². The molecule has 0 saturated heterocycles. The van der Waals surface area contributed by atoms with Crippen LogP contribution in [-0.2, 0) is 6.61 Å². The van der Waals surface area contributed by atoms with Crippen LogP contribution < -0.4 is 9.47 Å². The molecule has 0 aliphatic heterocycles. The van der Waals surface area contributed by atoms with E-state index in [2.05, 4.69) is 0 Å². The normalized spacial score (nSPS) is 10.2. The van der Waals surface area contributed by atoms with Crippen LogP contribution in [0.3, 0.4) is 0 Å². The Labute approximate surface area is 104 Å². The zero-order valence-electron chi connectivity index (χ0n) is 9.82. The van der Waals surface area contributed by atoms with Gasteiger partial charge in [0, 0.05) is 0 Å². The predicted molar refractivity (Wildman–Crippen MR) is 63.7 cm³/mol. The molecule has 2 nitrogen and oxygen atoms in total. The lowest BCUT2D eigenvalue weighted by atomic mass is 10.2. The molecule has 0 aliphatic carbocycles. The van der Waals surface area contributed by atoms with E-state index >= 15 is 0 Å². The maximum atomic E-state index is 13.0. The average Bonchev–Trinajstić information content (AvgIpc) is 2.41. The Bertz CT molecular complexity index is 524. The van der Waals surface area contributed by atoms with Crippen molar-refractivity contribution in [2.75, 3.05) is 7.11 Å². The van der Waals surface area contributed by atoms with Gasteiger partial charge in [-0.3, -0.25) is 0 Å². The second kappa shape index (κ2) is 5.49. The van der Waals surface area contributed by atoms with Gasteiger partial charge in [0.15, 0.2) is 11.6 Å². The fourth-order valence-corrected chi connectivity index (χ4v) is 1.47. The smallest absolute Gasteiger partial charge is 0.159 e. The van der Waals surface area contributed by atoms with Crippen LogP contribution in [0.1, 0.15) is 5.56 Å². The molecule has 0 saturated carbocycles. The SMILES string of the molecule is COc1ccc(OCc2ccc(F)c(F)c2)cc1. The standard InChI is InChI=1S/C14H12F2O2/c1-17-11-3-5-12(6-4-11)18-9-10-2-7-13(15)14(16)8-10/h2-8H,9H2,1H3. The summed E-state index contributed by atoms with van der Waals surface area (Å²) in [7, 11) is 1.58. The fourth-order valence-electron chi connectivity index (χ4n) is 1.47. The van der Waals surface area contributed by atoms with E-state index in [0.717, 1.165) is 17.9 Å². The largest absolute Gasteiger partial charge is 0.497 e. The van der Waals surface area contributed by atoms with Crippen LogP contribution in [0, 0.1) is 11.6 Å². The summed E-state index contributed by atoms with van der Waals surface area (Å²) >= 11 is 0. The molecular weight excluding hydrogens is 238 g/mol. The summed E-state index contributed by atoms with van der Waals surface area (Å²) in [6.07, 6.45) is 0. The number of ether oxygens (including phenoxy) is 2. The first-order valence-electron chi connectivity index (χ1n) is 5.40. The number of hydrogen-bond acceptors (Lipinski definition) is 2. The van der Waals surface area contributed by atoms with E-state index in [1.807, 2.05) is 0 Å². The Hall–Kier alpha value is -2.10. The van der Waals surface area contributed by atoms with Crippen LogP contribution in [-0.4, -0.2) is 7.11 Å². The molecule has 18 heavy (non-hydrogen) atoms. The van der Waals surface area contributed by atoms with Gasteiger partial charge < -0.3 is 9.47 Å². The van der Waals surface area contributed by atoms with Crippen LogP contribution >= 0.6 is 0 Å². The van der Waals surface area contributed by atoms with Crippen molar-refractivity contribution >= 4 is 0 Å². The lowest BCUT2D eigenvalue weighted by Gasteiger charge is -2.07. The molecule has 2 rings (SSSR count). The Balaban J connectivity index is 1.99. The van der Waals surface area contributed by atoms with Crippen molar-refractivity contribution < 1.29 is 18.3 Å². The molecule has 0 unspecified atom stereocenters. The van der Waals surface area contributed by atoms with E-state index < -0.39 is 11.6 Å². The zero-order valence-corrected chi connectivity index (χ0v) is 9.82. The lowest BCUT2D eigenvalue weighted by molar-refractivity contribution is 0.304. The summed E-state index contributed by atoms with van der Waals surface area (Å²) < 4.78 is 36.1. The van der Waals surface area contributed by atoms with Crippen molar-refractivity contribution in [2.24, 2.45) is 0 Å². The summed E-state index contributed by atoms with van der Waals surface area (Å²) in [5.74, 6) is -0.357. The van der Waals surface area contributed by atoms with Crippen molar-refractivity contribution in [3.05, 3.63) is 59.7 Å². The highest BCUT2D eigenvalue weighted by Gasteiger charge is 2.03. The summed E-state index contributed by atoms with van der Waals surface area (Å²) in [5.41, 5.74) is 0.574. The van der Waals surface area contributed by atoms with E-state index in [1.165, 1.54) is 6.07 Å². The first kappa shape index (κ1) is 12.4. The Morgan fingerprint density at radius 3 is 2.17 bits per heavy atom. The minimum Gasteiger partial charge on any atom is -0.497 e. The van der Waals surface area contributed by atoms with Crippen LogP contribution in [0.25, 0.3) is 0 Å². The molecule has 2 aromatic carbocycles. The van der Waals surface area contributed by atoms with E-state index in [-0.39, 0.29) is 6.61 Å². The third-order valence-corrected chi connectivity index (χ3v) is 2.45. The zero-order chi connectivity index (χ0) is 13.0. The minimum absolute atomic E-state index is 0.184. The highest BCUT2D eigenvalue weighted by Crippen LogP contribution is 2.18. The number of hydrogen-bond donors (Lipinski definition) is 0. The molecule has 0 fully saturated rings. The van der Waals surface area contributed by atoms with Gasteiger partial charge in [-0.05, 0) is 42.0 Å². The lowest BCUT2D eigenvalue weighted by Crippen LogP contribution is -1.97. The summed E-state index contributed by atoms with van der Waals surface area (Å²) in [6, 6.07) is 10.7. The molecule has 0 aromatic heterocycles. The van der Waals surface area contributed by atoms with Crippen molar-refractivity contribution in [1.82, 2.24) is 0 Å². The van der Waals surface area contributed by atoms with Gasteiger partial charge in [0.2, 0.25) is 0 Å². The summed E-state index contributed by atoms with van der Waals surface area (Å²) in [5, 5.41) is 0. The van der Waals surface area contributed by atoms with E-state index in [0.29, 0.717) is 11.3 Å². The Morgan fingerprint density at radius 1 is 0.889 bits per heavy atom. The molecule has 0 amide bonds. The Morgan fingerprint density at radius 2 is 1.56 bits per heavy atom. The van der Waals surface area contributed by atoms with Gasteiger partial charge in [-0.1, -0.05) is 6.07 Å². The quantitative estimate of drug-likeness (QED) is 0.826. The van der Waals surface area contributed by atoms with E-state index in [4.69, 9.17) is 9.47 Å². The average molecular weight is 250 g/mol. The molecule has 0 heterocycles. The monoisotopic (exact) mass is 250 g/mol. The van der Waals surface area contributed by atoms with E-state index in [9.17, 15) is 8.78 Å². The van der Waals surface area contributed by atoms with Gasteiger partial charge in [-0.15, -0.1) is 0 Å². The number of rotatable bonds is 4. The molecule has 2 aromatic rings. The molecule has 4 heteroatoms. The second-order valence-corrected chi connectivity index (χ2v) is 3.71. The Kier molecular flexibility index (Phi) is 3.77. The van der Waals surface area contributed by atoms with Crippen molar-refractivity contribution in [3.63, 3.8) is 0 Å². The molecule has 0 spiro atoms. The van der Waals surface area contributed by atoms with E-state index in [1.54, 1.807) is 31.4 Å². The van der Waals surface area contributed by atoms with Gasteiger partial charge in [0.05, 0.1) is 7.11 Å². The highest BCUT2D eigenvalue weighted by molar-refractivity contribution is 5.31.